The fourth-order valence-corrected chi connectivity index (χ4v) is 3.69. The topological polar surface area (TPSA) is 30.5 Å². The summed E-state index contributed by atoms with van der Waals surface area (Å²) in [5.74, 6) is 0.839. The van der Waals surface area contributed by atoms with Crippen LogP contribution in [0.3, 0.4) is 0 Å². The Morgan fingerprint density at radius 2 is 1.66 bits per heavy atom. The Morgan fingerprint density at radius 3 is 2.41 bits per heavy atom. The molecular formula is C24H27Cl2NO2. The van der Waals surface area contributed by atoms with Gasteiger partial charge in [0.15, 0.2) is 0 Å². The van der Waals surface area contributed by atoms with Gasteiger partial charge in [-0.2, -0.15) is 0 Å². The summed E-state index contributed by atoms with van der Waals surface area (Å²) >= 11 is 12.6. The lowest BCUT2D eigenvalue weighted by atomic mass is 10.0. The van der Waals surface area contributed by atoms with Gasteiger partial charge in [-0.25, -0.2) is 0 Å². The maximum atomic E-state index is 6.30. The fraction of sp³-hybridized carbons (Fsp3) is 0.333. The molecule has 0 saturated carbocycles. The molecule has 0 fully saturated rings. The largest absolute Gasteiger partial charge is 0.488 e. The highest BCUT2D eigenvalue weighted by Gasteiger charge is 2.11. The van der Waals surface area contributed by atoms with E-state index in [1.165, 1.54) is 10.8 Å². The van der Waals surface area contributed by atoms with E-state index in [1.807, 2.05) is 30.3 Å². The molecule has 29 heavy (non-hydrogen) atoms. The van der Waals surface area contributed by atoms with Crippen molar-refractivity contribution in [1.29, 1.82) is 0 Å². The molecule has 0 radical (unpaired) electrons. The monoisotopic (exact) mass is 431 g/mol. The van der Waals surface area contributed by atoms with Crippen LogP contribution < -0.4 is 10.1 Å². The molecule has 0 spiro atoms. The van der Waals surface area contributed by atoms with Crippen molar-refractivity contribution in [3.05, 3.63) is 75.8 Å². The van der Waals surface area contributed by atoms with Crippen molar-refractivity contribution in [3.63, 3.8) is 0 Å². The minimum absolute atomic E-state index is 0.268. The highest BCUT2D eigenvalue weighted by Crippen LogP contribution is 2.31. The van der Waals surface area contributed by atoms with Gasteiger partial charge in [-0.15, -0.1) is 0 Å². The summed E-state index contributed by atoms with van der Waals surface area (Å²) < 4.78 is 11.8. The minimum atomic E-state index is 0.268. The lowest BCUT2D eigenvalue weighted by Crippen LogP contribution is -2.18. The van der Waals surface area contributed by atoms with Gasteiger partial charge >= 0.3 is 0 Å². The van der Waals surface area contributed by atoms with E-state index in [1.54, 1.807) is 0 Å². The molecule has 0 bridgehead atoms. The summed E-state index contributed by atoms with van der Waals surface area (Å²) in [6.07, 6.45) is 1.23. The maximum absolute atomic E-state index is 6.30. The normalized spacial score (nSPS) is 11.3. The molecule has 0 aliphatic heterocycles. The minimum Gasteiger partial charge on any atom is -0.488 e. The second-order valence-corrected chi connectivity index (χ2v) is 8.02. The highest BCUT2D eigenvalue weighted by molar-refractivity contribution is 6.35. The summed E-state index contributed by atoms with van der Waals surface area (Å²) in [4.78, 5) is 0. The Hall–Kier alpha value is -1.78. The average Bonchev–Trinajstić information content (AvgIpc) is 2.70. The first kappa shape index (κ1) is 21.9. The van der Waals surface area contributed by atoms with Crippen LogP contribution in [-0.4, -0.2) is 19.3 Å². The first-order valence-corrected chi connectivity index (χ1v) is 10.7. The van der Waals surface area contributed by atoms with Crippen LogP contribution in [0.15, 0.2) is 54.6 Å². The predicted molar refractivity (Wildman–Crippen MR) is 122 cm³/mol. The van der Waals surface area contributed by atoms with Gasteiger partial charge in [0, 0.05) is 34.3 Å². The fourth-order valence-electron chi connectivity index (χ4n) is 3.18. The third-order valence-electron chi connectivity index (χ3n) is 4.68. The molecule has 0 aliphatic rings. The Morgan fingerprint density at radius 1 is 0.897 bits per heavy atom. The molecule has 0 aliphatic carbocycles. The van der Waals surface area contributed by atoms with Gasteiger partial charge in [0.2, 0.25) is 0 Å². The average molecular weight is 432 g/mol. The number of fused-ring (bicyclic) bond motifs is 1. The van der Waals surface area contributed by atoms with Gasteiger partial charge in [-0.05, 0) is 55.8 Å². The molecule has 3 rings (SSSR count). The number of hydrogen-bond donors (Lipinski definition) is 1. The third kappa shape index (κ3) is 6.10. The Labute approximate surface area is 182 Å². The molecule has 0 saturated heterocycles. The molecule has 154 valence electrons. The lowest BCUT2D eigenvalue weighted by molar-refractivity contribution is 0.0770. The molecule has 3 nitrogen and oxygen atoms in total. The molecular weight excluding hydrogens is 405 g/mol. The first-order chi connectivity index (χ1) is 14.1. The Bertz CT molecular complexity index is 923. The van der Waals surface area contributed by atoms with E-state index in [0.29, 0.717) is 23.2 Å². The van der Waals surface area contributed by atoms with Crippen molar-refractivity contribution < 1.29 is 9.47 Å². The zero-order chi connectivity index (χ0) is 20.6. The van der Waals surface area contributed by atoms with Crippen LogP contribution in [0.5, 0.6) is 5.75 Å². The molecule has 3 aromatic rings. The quantitative estimate of drug-likeness (QED) is 0.365. The lowest BCUT2D eigenvalue weighted by Gasteiger charge is -2.16. The summed E-state index contributed by atoms with van der Waals surface area (Å²) in [5.41, 5.74) is 1.93. The number of halogens is 2. The van der Waals surface area contributed by atoms with Gasteiger partial charge in [0.1, 0.15) is 12.4 Å². The van der Waals surface area contributed by atoms with E-state index in [-0.39, 0.29) is 6.10 Å². The number of rotatable bonds is 10. The number of nitrogens with one attached hydrogen (secondary N) is 1. The molecule has 0 unspecified atom stereocenters. The SMILES string of the molecule is CC(C)OCCCNCc1c(OCc2c(Cl)cccc2Cl)ccc2ccccc12. The van der Waals surface area contributed by atoms with Crippen molar-refractivity contribution in [3.8, 4) is 5.75 Å². The van der Waals surface area contributed by atoms with Gasteiger partial charge in [0.05, 0.1) is 6.10 Å². The van der Waals surface area contributed by atoms with Crippen molar-refractivity contribution in [2.45, 2.75) is 39.5 Å². The molecule has 3 aromatic carbocycles. The van der Waals surface area contributed by atoms with E-state index >= 15 is 0 Å². The van der Waals surface area contributed by atoms with Crippen LogP contribution >= 0.6 is 23.2 Å². The van der Waals surface area contributed by atoms with Crippen LogP contribution in [0.4, 0.5) is 0 Å². The number of benzene rings is 3. The number of ether oxygens (including phenoxy) is 2. The van der Waals surface area contributed by atoms with Crippen LogP contribution in [-0.2, 0) is 17.9 Å². The Kier molecular flexibility index (Phi) is 8.19. The molecule has 0 atom stereocenters. The van der Waals surface area contributed by atoms with Crippen LogP contribution in [0.25, 0.3) is 10.8 Å². The van der Waals surface area contributed by atoms with Crippen molar-refractivity contribution >= 4 is 34.0 Å². The van der Waals surface area contributed by atoms with E-state index in [9.17, 15) is 0 Å². The second-order valence-electron chi connectivity index (χ2n) is 7.20. The molecule has 0 aromatic heterocycles. The molecule has 5 heteroatoms. The van der Waals surface area contributed by atoms with Crippen LogP contribution in [0, 0.1) is 0 Å². The predicted octanol–water partition coefficient (Wildman–Crippen LogP) is 6.63. The second kappa shape index (κ2) is 10.8. The third-order valence-corrected chi connectivity index (χ3v) is 5.39. The molecule has 0 heterocycles. The molecule has 1 N–H and O–H groups in total. The van der Waals surface area contributed by atoms with Crippen LogP contribution in [0.2, 0.25) is 10.0 Å². The van der Waals surface area contributed by atoms with Crippen LogP contribution in [0.1, 0.15) is 31.4 Å². The Balaban J connectivity index is 1.73. The highest BCUT2D eigenvalue weighted by atomic mass is 35.5. The molecule has 0 amide bonds. The van der Waals surface area contributed by atoms with E-state index in [0.717, 1.165) is 36.4 Å². The maximum Gasteiger partial charge on any atom is 0.124 e. The summed E-state index contributed by atoms with van der Waals surface area (Å²) in [5, 5.41) is 7.12. The van der Waals surface area contributed by atoms with E-state index in [4.69, 9.17) is 32.7 Å². The van der Waals surface area contributed by atoms with Crippen molar-refractivity contribution in [1.82, 2.24) is 5.32 Å². The first-order valence-electron chi connectivity index (χ1n) is 9.95. The van der Waals surface area contributed by atoms with E-state index < -0.39 is 0 Å². The van der Waals surface area contributed by atoms with Gasteiger partial charge in [-0.3, -0.25) is 0 Å². The summed E-state index contributed by atoms with van der Waals surface area (Å²) in [6, 6.07) is 17.9. The standard InChI is InChI=1S/C24H27Cl2NO2/c1-17(2)28-14-6-13-27-15-20-19-8-4-3-7-18(19)11-12-24(20)29-16-21-22(25)9-5-10-23(21)26/h3-5,7-12,17,27H,6,13-16H2,1-2H3. The van der Waals surface area contributed by atoms with Gasteiger partial charge in [0.25, 0.3) is 0 Å². The number of hydrogen-bond acceptors (Lipinski definition) is 3. The van der Waals surface area contributed by atoms with Crippen molar-refractivity contribution in [2.24, 2.45) is 0 Å². The zero-order valence-corrected chi connectivity index (χ0v) is 18.4. The zero-order valence-electron chi connectivity index (χ0n) is 16.9. The summed E-state index contributed by atoms with van der Waals surface area (Å²) in [7, 11) is 0. The van der Waals surface area contributed by atoms with Crippen molar-refractivity contribution in [2.75, 3.05) is 13.2 Å². The van der Waals surface area contributed by atoms with E-state index in [2.05, 4.69) is 43.4 Å². The van der Waals surface area contributed by atoms with Gasteiger partial charge in [-0.1, -0.05) is 59.6 Å². The summed E-state index contributed by atoms with van der Waals surface area (Å²) in [6.45, 7) is 6.79. The van der Waals surface area contributed by atoms with Gasteiger partial charge < -0.3 is 14.8 Å². The smallest absolute Gasteiger partial charge is 0.124 e.